The van der Waals surface area contributed by atoms with Crippen molar-refractivity contribution in [2.45, 2.75) is 26.8 Å². The molecule has 1 aromatic carbocycles. The highest BCUT2D eigenvalue weighted by atomic mass is 16.2. The first-order valence-corrected chi connectivity index (χ1v) is 7.88. The second-order valence-corrected chi connectivity index (χ2v) is 5.97. The number of anilines is 1. The molecule has 1 atom stereocenters. The van der Waals surface area contributed by atoms with Crippen LogP contribution in [0.25, 0.3) is 11.3 Å². The van der Waals surface area contributed by atoms with Crippen LogP contribution in [0.3, 0.4) is 0 Å². The van der Waals surface area contributed by atoms with Crippen LogP contribution >= 0.6 is 0 Å². The molecule has 0 saturated heterocycles. The number of nitrogens with one attached hydrogen (secondary N) is 1. The summed E-state index contributed by atoms with van der Waals surface area (Å²) in [5.74, 6) is 0.582. The molecule has 2 heterocycles. The molecule has 0 radical (unpaired) electrons. The van der Waals surface area contributed by atoms with E-state index in [0.717, 1.165) is 22.4 Å². The summed E-state index contributed by atoms with van der Waals surface area (Å²) in [5.41, 5.74) is 3.87. The summed E-state index contributed by atoms with van der Waals surface area (Å²) >= 11 is 0. The minimum absolute atomic E-state index is 0.121. The van der Waals surface area contributed by atoms with Gasteiger partial charge in [-0.3, -0.25) is 14.2 Å². The van der Waals surface area contributed by atoms with Crippen molar-refractivity contribution in [2.24, 2.45) is 7.05 Å². The quantitative estimate of drug-likeness (QED) is 0.802. The Morgan fingerprint density at radius 3 is 2.54 bits per heavy atom. The number of rotatable bonds is 4. The van der Waals surface area contributed by atoms with E-state index in [1.54, 1.807) is 15.6 Å². The summed E-state index contributed by atoms with van der Waals surface area (Å²) in [6.45, 7) is 5.74. The monoisotopic (exact) mass is 323 g/mol. The van der Waals surface area contributed by atoms with Gasteiger partial charge in [0.05, 0.1) is 11.9 Å². The predicted molar refractivity (Wildman–Crippen MR) is 93.7 cm³/mol. The first-order chi connectivity index (χ1) is 11.5. The normalized spacial score (nSPS) is 12.2. The molecular weight excluding hydrogens is 302 g/mol. The number of nitrogens with zero attached hydrogens (tertiary/aromatic N) is 4. The lowest BCUT2D eigenvalue weighted by molar-refractivity contribution is -0.119. The van der Waals surface area contributed by atoms with Crippen LogP contribution in [0, 0.1) is 13.8 Å². The van der Waals surface area contributed by atoms with Crippen LogP contribution in [0.5, 0.6) is 0 Å². The molecule has 3 aromatic rings. The zero-order chi connectivity index (χ0) is 17.3. The fraction of sp³-hybridized carbons (Fsp3) is 0.278. The van der Waals surface area contributed by atoms with E-state index in [1.165, 1.54) is 0 Å². The number of carbonyl (C=O) groups excluding carboxylic acids is 1. The Morgan fingerprint density at radius 2 is 1.92 bits per heavy atom. The molecule has 1 unspecified atom stereocenters. The molecule has 6 nitrogen and oxygen atoms in total. The van der Waals surface area contributed by atoms with Gasteiger partial charge in [0.1, 0.15) is 11.9 Å². The molecule has 0 spiro atoms. The van der Waals surface area contributed by atoms with Gasteiger partial charge < -0.3 is 5.32 Å². The van der Waals surface area contributed by atoms with Crippen LogP contribution in [-0.2, 0) is 11.8 Å². The molecule has 1 N–H and O–H groups in total. The highest BCUT2D eigenvalue weighted by molar-refractivity contribution is 5.94. The summed E-state index contributed by atoms with van der Waals surface area (Å²) in [6, 6.07) is 9.55. The molecule has 0 aliphatic heterocycles. The molecule has 124 valence electrons. The molecular formula is C18H21N5O. The van der Waals surface area contributed by atoms with E-state index in [1.807, 2.05) is 64.3 Å². The molecule has 0 aliphatic rings. The van der Waals surface area contributed by atoms with E-state index in [0.29, 0.717) is 5.82 Å². The van der Waals surface area contributed by atoms with E-state index >= 15 is 0 Å². The Morgan fingerprint density at radius 1 is 1.21 bits per heavy atom. The summed E-state index contributed by atoms with van der Waals surface area (Å²) < 4.78 is 3.37. The zero-order valence-electron chi connectivity index (χ0n) is 14.3. The SMILES string of the molecule is Cc1cnn(C(C)C(=O)Nc2c(C)c(-c3ccccc3)nn2C)c1. The highest BCUT2D eigenvalue weighted by Crippen LogP contribution is 2.27. The van der Waals surface area contributed by atoms with Crippen molar-refractivity contribution in [3.05, 3.63) is 53.9 Å². The Kier molecular flexibility index (Phi) is 4.20. The average Bonchev–Trinajstić information content (AvgIpc) is 3.13. The molecule has 24 heavy (non-hydrogen) atoms. The smallest absolute Gasteiger partial charge is 0.250 e. The number of carbonyl (C=O) groups is 1. The fourth-order valence-electron chi connectivity index (χ4n) is 2.66. The van der Waals surface area contributed by atoms with Gasteiger partial charge in [-0.2, -0.15) is 10.2 Å². The largest absolute Gasteiger partial charge is 0.309 e. The molecule has 0 aliphatic carbocycles. The van der Waals surface area contributed by atoms with Gasteiger partial charge in [-0.25, -0.2) is 0 Å². The topological polar surface area (TPSA) is 64.7 Å². The summed E-state index contributed by atoms with van der Waals surface area (Å²) in [5, 5.41) is 11.7. The van der Waals surface area contributed by atoms with Crippen LogP contribution in [0.15, 0.2) is 42.7 Å². The Bertz CT molecular complexity index is 863. The van der Waals surface area contributed by atoms with Crippen molar-refractivity contribution >= 4 is 11.7 Å². The number of aromatic nitrogens is 4. The third-order valence-corrected chi connectivity index (χ3v) is 4.08. The molecule has 3 rings (SSSR count). The average molecular weight is 323 g/mol. The third-order valence-electron chi connectivity index (χ3n) is 4.08. The van der Waals surface area contributed by atoms with Gasteiger partial charge in [-0.1, -0.05) is 30.3 Å². The maximum absolute atomic E-state index is 12.6. The summed E-state index contributed by atoms with van der Waals surface area (Å²) in [4.78, 5) is 12.6. The Balaban J connectivity index is 1.85. The van der Waals surface area contributed by atoms with Crippen molar-refractivity contribution < 1.29 is 4.79 Å². The van der Waals surface area contributed by atoms with Crippen LogP contribution in [0.2, 0.25) is 0 Å². The Hall–Kier alpha value is -2.89. The van der Waals surface area contributed by atoms with Gasteiger partial charge in [-0.15, -0.1) is 0 Å². The minimum atomic E-state index is -0.395. The third kappa shape index (κ3) is 2.95. The first kappa shape index (κ1) is 16.0. The van der Waals surface area contributed by atoms with E-state index < -0.39 is 6.04 Å². The Labute approximate surface area is 141 Å². The second-order valence-electron chi connectivity index (χ2n) is 5.97. The van der Waals surface area contributed by atoms with E-state index in [2.05, 4.69) is 15.5 Å². The first-order valence-electron chi connectivity index (χ1n) is 7.88. The maximum atomic E-state index is 12.6. The van der Waals surface area contributed by atoms with Crippen molar-refractivity contribution in [1.29, 1.82) is 0 Å². The van der Waals surface area contributed by atoms with Crippen LogP contribution in [0.1, 0.15) is 24.1 Å². The highest BCUT2D eigenvalue weighted by Gasteiger charge is 2.20. The standard InChI is InChI=1S/C18H21N5O/c1-12-10-19-23(11-12)14(3)18(24)20-17-13(2)16(21-22(17)4)15-8-6-5-7-9-15/h5-11,14H,1-4H3,(H,20,24). The van der Waals surface area contributed by atoms with Crippen molar-refractivity contribution in [1.82, 2.24) is 19.6 Å². The molecule has 2 aromatic heterocycles. The molecule has 6 heteroatoms. The van der Waals surface area contributed by atoms with Gasteiger partial charge in [0, 0.05) is 24.4 Å². The van der Waals surface area contributed by atoms with Crippen molar-refractivity contribution in [2.75, 3.05) is 5.32 Å². The van der Waals surface area contributed by atoms with Gasteiger partial charge in [-0.05, 0) is 26.3 Å². The van der Waals surface area contributed by atoms with Crippen LogP contribution in [-0.4, -0.2) is 25.5 Å². The van der Waals surface area contributed by atoms with E-state index in [9.17, 15) is 4.79 Å². The van der Waals surface area contributed by atoms with E-state index in [4.69, 9.17) is 0 Å². The molecule has 0 saturated carbocycles. The van der Waals surface area contributed by atoms with Gasteiger partial charge >= 0.3 is 0 Å². The van der Waals surface area contributed by atoms with Gasteiger partial charge in [0.25, 0.3) is 0 Å². The summed E-state index contributed by atoms with van der Waals surface area (Å²) in [6.07, 6.45) is 3.60. The lowest BCUT2D eigenvalue weighted by Gasteiger charge is -2.13. The lowest BCUT2D eigenvalue weighted by Crippen LogP contribution is -2.25. The van der Waals surface area contributed by atoms with E-state index in [-0.39, 0.29) is 5.91 Å². The van der Waals surface area contributed by atoms with Gasteiger partial charge in [0.15, 0.2) is 0 Å². The second kappa shape index (κ2) is 6.31. The number of amides is 1. The summed E-state index contributed by atoms with van der Waals surface area (Å²) in [7, 11) is 1.83. The number of hydrogen-bond acceptors (Lipinski definition) is 3. The molecule has 0 fully saturated rings. The number of aryl methyl sites for hydroxylation is 2. The fourth-order valence-corrected chi connectivity index (χ4v) is 2.66. The zero-order valence-corrected chi connectivity index (χ0v) is 14.3. The number of hydrogen-bond donors (Lipinski definition) is 1. The molecule has 0 bridgehead atoms. The minimum Gasteiger partial charge on any atom is -0.309 e. The maximum Gasteiger partial charge on any atom is 0.250 e. The van der Waals surface area contributed by atoms with Crippen molar-refractivity contribution in [3.63, 3.8) is 0 Å². The number of benzene rings is 1. The predicted octanol–water partition coefficient (Wildman–Crippen LogP) is 3.10. The van der Waals surface area contributed by atoms with Crippen molar-refractivity contribution in [3.8, 4) is 11.3 Å². The van der Waals surface area contributed by atoms with Gasteiger partial charge in [0.2, 0.25) is 5.91 Å². The van der Waals surface area contributed by atoms with Crippen LogP contribution < -0.4 is 5.32 Å². The van der Waals surface area contributed by atoms with Crippen LogP contribution in [0.4, 0.5) is 5.82 Å². The lowest BCUT2D eigenvalue weighted by atomic mass is 10.1. The molecule has 1 amide bonds.